The molecule has 0 fully saturated rings. The van der Waals surface area contributed by atoms with Gasteiger partial charge in [-0.25, -0.2) is 4.98 Å². The van der Waals surface area contributed by atoms with E-state index in [0.29, 0.717) is 31.1 Å². The molecular weight excluding hydrogens is 342 g/mol. The van der Waals surface area contributed by atoms with E-state index in [-0.39, 0.29) is 5.91 Å². The van der Waals surface area contributed by atoms with Crippen molar-refractivity contribution in [2.75, 3.05) is 13.2 Å². The topological polar surface area (TPSA) is 65.4 Å². The number of nitrogens with zero attached hydrogens (tertiary/aromatic N) is 2. The minimum absolute atomic E-state index is 0.140. The largest absolute Gasteiger partial charge is 0.492 e. The predicted octanol–water partition coefficient (Wildman–Crippen LogP) is 3.12. The molecule has 2 aromatic carbocycles. The summed E-state index contributed by atoms with van der Waals surface area (Å²) >= 11 is 0. The lowest BCUT2D eigenvalue weighted by molar-refractivity contribution is 0.0947. The molecule has 1 N–H and O–H groups in total. The highest BCUT2D eigenvalue weighted by molar-refractivity contribution is 5.94. The molecule has 0 aliphatic heterocycles. The van der Waals surface area contributed by atoms with E-state index in [1.54, 1.807) is 30.5 Å². The molecule has 0 radical (unpaired) electrons. The second kappa shape index (κ2) is 8.89. The Morgan fingerprint density at radius 1 is 1.11 bits per heavy atom. The molecule has 3 rings (SSSR count). The number of amides is 1. The molecule has 0 saturated carbocycles. The van der Waals surface area contributed by atoms with Crippen LogP contribution in [0.25, 0.3) is 0 Å². The van der Waals surface area contributed by atoms with E-state index in [9.17, 15) is 4.79 Å². The smallest absolute Gasteiger partial charge is 0.251 e. The molecule has 0 spiro atoms. The molecule has 0 saturated heterocycles. The number of rotatable bonds is 8. The van der Waals surface area contributed by atoms with Gasteiger partial charge in [-0.1, -0.05) is 12.1 Å². The highest BCUT2D eigenvalue weighted by atomic mass is 16.5. The van der Waals surface area contributed by atoms with Crippen molar-refractivity contribution in [2.24, 2.45) is 7.05 Å². The fraction of sp³-hybridized carbons (Fsp3) is 0.238. The second-order valence-corrected chi connectivity index (χ2v) is 6.19. The number of nitrogens with one attached hydrogen (secondary N) is 1. The van der Waals surface area contributed by atoms with Crippen LogP contribution in [-0.4, -0.2) is 28.6 Å². The first-order valence-electron chi connectivity index (χ1n) is 8.78. The molecule has 0 aliphatic rings. The molecular formula is C21H23N3O3. The maximum atomic E-state index is 12.2. The van der Waals surface area contributed by atoms with Gasteiger partial charge in [0.2, 0.25) is 0 Å². The summed E-state index contributed by atoms with van der Waals surface area (Å²) in [6, 6.07) is 14.9. The molecule has 0 bridgehead atoms. The van der Waals surface area contributed by atoms with E-state index in [0.717, 1.165) is 17.1 Å². The van der Waals surface area contributed by atoms with E-state index >= 15 is 0 Å². The summed E-state index contributed by atoms with van der Waals surface area (Å²) in [5.74, 6) is 2.19. The Kier molecular flexibility index (Phi) is 6.10. The number of hydrogen-bond acceptors (Lipinski definition) is 4. The Morgan fingerprint density at radius 2 is 1.93 bits per heavy atom. The lowest BCUT2D eigenvalue weighted by Crippen LogP contribution is -2.28. The molecule has 3 aromatic rings. The number of hydrogen-bond donors (Lipinski definition) is 1. The normalized spacial score (nSPS) is 10.4. The molecule has 0 aliphatic carbocycles. The van der Waals surface area contributed by atoms with Crippen LogP contribution in [0.4, 0.5) is 0 Å². The molecule has 27 heavy (non-hydrogen) atoms. The fourth-order valence-corrected chi connectivity index (χ4v) is 2.53. The van der Waals surface area contributed by atoms with Crippen LogP contribution in [0.3, 0.4) is 0 Å². The van der Waals surface area contributed by atoms with Gasteiger partial charge in [0.1, 0.15) is 30.5 Å². The third-order valence-electron chi connectivity index (χ3n) is 4.05. The minimum Gasteiger partial charge on any atom is -0.492 e. The third-order valence-corrected chi connectivity index (χ3v) is 4.05. The Labute approximate surface area is 158 Å². The van der Waals surface area contributed by atoms with Crippen LogP contribution in [-0.2, 0) is 13.7 Å². The molecule has 0 unspecified atom stereocenters. The average molecular weight is 365 g/mol. The number of carbonyl (C=O) groups excluding carboxylic acids is 1. The maximum Gasteiger partial charge on any atom is 0.251 e. The summed E-state index contributed by atoms with van der Waals surface area (Å²) in [4.78, 5) is 16.4. The number of imidazole rings is 1. The molecule has 1 heterocycles. The number of carbonyl (C=O) groups is 1. The molecule has 6 nitrogen and oxygen atoms in total. The van der Waals surface area contributed by atoms with Crippen LogP contribution < -0.4 is 14.8 Å². The van der Waals surface area contributed by atoms with Gasteiger partial charge in [0, 0.05) is 25.0 Å². The number of benzene rings is 2. The monoisotopic (exact) mass is 365 g/mol. The van der Waals surface area contributed by atoms with Crippen LogP contribution in [0.2, 0.25) is 0 Å². The van der Waals surface area contributed by atoms with Gasteiger partial charge >= 0.3 is 0 Å². The quantitative estimate of drug-likeness (QED) is 0.623. The van der Waals surface area contributed by atoms with Gasteiger partial charge in [0.25, 0.3) is 5.91 Å². The van der Waals surface area contributed by atoms with Gasteiger partial charge in [-0.3, -0.25) is 4.79 Å². The Bertz CT molecular complexity index is 888. The van der Waals surface area contributed by atoms with Crippen molar-refractivity contribution in [1.82, 2.24) is 14.9 Å². The van der Waals surface area contributed by atoms with Crippen molar-refractivity contribution in [3.05, 3.63) is 77.9 Å². The van der Waals surface area contributed by atoms with Gasteiger partial charge < -0.3 is 19.4 Å². The number of ether oxygens (including phenoxy) is 2. The Hall–Kier alpha value is -3.28. The van der Waals surface area contributed by atoms with E-state index in [1.807, 2.05) is 49.0 Å². The first-order valence-corrected chi connectivity index (χ1v) is 8.78. The highest BCUT2D eigenvalue weighted by Gasteiger charge is 2.06. The lowest BCUT2D eigenvalue weighted by atomic mass is 10.2. The molecule has 1 aromatic heterocycles. The zero-order valence-corrected chi connectivity index (χ0v) is 15.5. The Balaban J connectivity index is 1.42. The van der Waals surface area contributed by atoms with Crippen molar-refractivity contribution in [3.8, 4) is 11.5 Å². The summed E-state index contributed by atoms with van der Waals surface area (Å²) in [6.07, 6.45) is 3.60. The molecule has 1 amide bonds. The van der Waals surface area contributed by atoms with E-state index in [2.05, 4.69) is 10.3 Å². The number of aryl methyl sites for hydroxylation is 2. The van der Waals surface area contributed by atoms with Crippen molar-refractivity contribution in [2.45, 2.75) is 13.5 Å². The van der Waals surface area contributed by atoms with E-state index in [1.165, 1.54) is 0 Å². The highest BCUT2D eigenvalue weighted by Crippen LogP contribution is 2.14. The minimum atomic E-state index is -0.140. The van der Waals surface area contributed by atoms with Gasteiger partial charge in [-0.2, -0.15) is 0 Å². The van der Waals surface area contributed by atoms with Crippen LogP contribution in [0, 0.1) is 6.92 Å². The number of aromatic nitrogens is 2. The Morgan fingerprint density at radius 3 is 2.63 bits per heavy atom. The summed E-state index contributed by atoms with van der Waals surface area (Å²) in [6.45, 7) is 3.24. The fourth-order valence-electron chi connectivity index (χ4n) is 2.53. The summed E-state index contributed by atoms with van der Waals surface area (Å²) in [5.41, 5.74) is 1.72. The standard InChI is InChI=1S/C21H23N3O3/c1-16-4-3-5-19(14-16)26-13-11-23-21(25)17-6-8-18(9-7-17)27-15-20-22-10-12-24(20)2/h3-10,12,14H,11,13,15H2,1-2H3,(H,23,25). The zero-order valence-electron chi connectivity index (χ0n) is 15.5. The first kappa shape index (κ1) is 18.5. The molecule has 0 atom stereocenters. The van der Waals surface area contributed by atoms with Crippen molar-refractivity contribution >= 4 is 5.91 Å². The summed E-state index contributed by atoms with van der Waals surface area (Å²) in [7, 11) is 1.92. The van der Waals surface area contributed by atoms with Crippen LogP contribution in [0.5, 0.6) is 11.5 Å². The first-order chi connectivity index (χ1) is 13.1. The summed E-state index contributed by atoms with van der Waals surface area (Å²) in [5, 5.41) is 2.85. The van der Waals surface area contributed by atoms with Gasteiger partial charge in [-0.05, 0) is 48.9 Å². The predicted molar refractivity (Wildman–Crippen MR) is 103 cm³/mol. The second-order valence-electron chi connectivity index (χ2n) is 6.19. The van der Waals surface area contributed by atoms with Crippen LogP contribution >= 0.6 is 0 Å². The van der Waals surface area contributed by atoms with E-state index < -0.39 is 0 Å². The van der Waals surface area contributed by atoms with Crippen molar-refractivity contribution in [1.29, 1.82) is 0 Å². The molecule has 6 heteroatoms. The van der Waals surface area contributed by atoms with Crippen LogP contribution in [0.1, 0.15) is 21.7 Å². The SMILES string of the molecule is Cc1cccc(OCCNC(=O)c2ccc(OCc3nccn3C)cc2)c1. The van der Waals surface area contributed by atoms with Gasteiger partial charge in [0.05, 0.1) is 6.54 Å². The maximum absolute atomic E-state index is 12.2. The van der Waals surface area contributed by atoms with Gasteiger partial charge in [-0.15, -0.1) is 0 Å². The summed E-state index contributed by atoms with van der Waals surface area (Å²) < 4.78 is 13.2. The van der Waals surface area contributed by atoms with Crippen molar-refractivity contribution < 1.29 is 14.3 Å². The van der Waals surface area contributed by atoms with Gasteiger partial charge in [0.15, 0.2) is 0 Å². The lowest BCUT2D eigenvalue weighted by Gasteiger charge is -2.09. The van der Waals surface area contributed by atoms with E-state index in [4.69, 9.17) is 9.47 Å². The van der Waals surface area contributed by atoms with Crippen molar-refractivity contribution in [3.63, 3.8) is 0 Å². The van der Waals surface area contributed by atoms with Crippen LogP contribution in [0.15, 0.2) is 60.9 Å². The zero-order chi connectivity index (χ0) is 19.1. The third kappa shape index (κ3) is 5.34. The average Bonchev–Trinajstić information content (AvgIpc) is 3.09. The molecule has 140 valence electrons.